The Morgan fingerprint density at radius 2 is 1.95 bits per heavy atom. The van der Waals surface area contributed by atoms with E-state index in [0.29, 0.717) is 23.7 Å². The van der Waals surface area contributed by atoms with Gasteiger partial charge >= 0.3 is 0 Å². The Morgan fingerprint density at radius 3 is 2.57 bits per heavy atom. The molecule has 2 aromatic rings. The fraction of sp³-hybridized carbons (Fsp3) is 0.188. The minimum Gasteiger partial charge on any atom is -0.335 e. The van der Waals surface area contributed by atoms with Gasteiger partial charge in [-0.3, -0.25) is 4.79 Å². The smallest absolute Gasteiger partial charge is 0.255 e. The molecule has 0 N–H and O–H groups in total. The molecule has 0 unspecified atom stereocenters. The zero-order valence-electron chi connectivity index (χ0n) is 11.4. The van der Waals surface area contributed by atoms with E-state index >= 15 is 0 Å². The van der Waals surface area contributed by atoms with E-state index in [-0.39, 0.29) is 5.91 Å². The van der Waals surface area contributed by atoms with E-state index in [1.54, 1.807) is 4.90 Å². The van der Waals surface area contributed by atoms with Gasteiger partial charge in [0.05, 0.1) is 5.56 Å². The summed E-state index contributed by atoms with van der Waals surface area (Å²) >= 11 is 12.8. The largest absolute Gasteiger partial charge is 0.335 e. The van der Waals surface area contributed by atoms with Gasteiger partial charge in [0, 0.05) is 27.1 Å². The summed E-state index contributed by atoms with van der Waals surface area (Å²) in [4.78, 5) is 14.4. The van der Waals surface area contributed by atoms with Crippen molar-refractivity contribution in [2.75, 3.05) is 6.54 Å². The van der Waals surface area contributed by atoms with Crippen molar-refractivity contribution in [3.05, 3.63) is 67.6 Å². The van der Waals surface area contributed by atoms with Gasteiger partial charge in [0.15, 0.2) is 0 Å². The van der Waals surface area contributed by atoms with Crippen LogP contribution in [0.5, 0.6) is 0 Å². The third-order valence-electron chi connectivity index (χ3n) is 3.09. The number of rotatable bonds is 4. The maximum atomic E-state index is 12.6. The van der Waals surface area contributed by atoms with Crippen molar-refractivity contribution < 1.29 is 4.79 Å². The molecule has 0 saturated carbocycles. The number of halogens is 3. The Hall–Kier alpha value is -0.840. The van der Waals surface area contributed by atoms with Crippen LogP contribution in [0.3, 0.4) is 0 Å². The molecule has 21 heavy (non-hydrogen) atoms. The van der Waals surface area contributed by atoms with Gasteiger partial charge in [-0.2, -0.15) is 0 Å². The minimum absolute atomic E-state index is 0.00292. The predicted molar refractivity (Wildman–Crippen MR) is 93.7 cm³/mol. The van der Waals surface area contributed by atoms with Crippen molar-refractivity contribution in [1.82, 2.24) is 4.90 Å². The van der Waals surface area contributed by atoms with Crippen LogP contribution in [0.2, 0.25) is 5.02 Å². The molecule has 0 heterocycles. The third kappa shape index (κ3) is 4.31. The molecule has 0 aliphatic carbocycles. The molecular formula is C16H14Br2ClNO. The summed E-state index contributed by atoms with van der Waals surface area (Å²) in [5.74, 6) is -0.00292. The lowest BCUT2D eigenvalue weighted by Crippen LogP contribution is -2.30. The summed E-state index contributed by atoms with van der Waals surface area (Å²) in [5, 5.41) is 0.681. The van der Waals surface area contributed by atoms with E-state index in [2.05, 4.69) is 31.9 Å². The summed E-state index contributed by atoms with van der Waals surface area (Å²) in [6, 6.07) is 13.1. The zero-order chi connectivity index (χ0) is 15.4. The first-order valence-corrected chi connectivity index (χ1v) is 8.46. The van der Waals surface area contributed by atoms with Gasteiger partial charge in [-0.1, -0.05) is 39.7 Å². The van der Waals surface area contributed by atoms with Crippen LogP contribution in [-0.4, -0.2) is 17.4 Å². The molecule has 0 atom stereocenters. The third-order valence-corrected chi connectivity index (χ3v) is 4.48. The fourth-order valence-electron chi connectivity index (χ4n) is 2.02. The maximum absolute atomic E-state index is 12.6. The topological polar surface area (TPSA) is 20.3 Å². The first-order valence-electron chi connectivity index (χ1n) is 6.50. The van der Waals surface area contributed by atoms with Crippen LogP contribution >= 0.6 is 43.5 Å². The standard InChI is InChI=1S/C16H14Br2ClNO/c1-2-20(10-11-4-3-5-13(19)8-11)16(21)14-7-6-12(17)9-15(14)18/h3-9H,2,10H2,1H3. The summed E-state index contributed by atoms with van der Waals surface area (Å²) < 4.78 is 1.72. The molecule has 110 valence electrons. The molecule has 0 saturated heterocycles. The van der Waals surface area contributed by atoms with Gasteiger partial charge in [0.1, 0.15) is 0 Å². The highest BCUT2D eigenvalue weighted by molar-refractivity contribution is 9.11. The molecule has 0 aromatic heterocycles. The van der Waals surface area contributed by atoms with Crippen LogP contribution in [0.15, 0.2) is 51.4 Å². The Balaban J connectivity index is 2.22. The van der Waals surface area contributed by atoms with E-state index in [1.165, 1.54) is 0 Å². The predicted octanol–water partition coefficient (Wildman–Crippen LogP) is 5.53. The molecule has 2 aromatic carbocycles. The van der Waals surface area contributed by atoms with Gasteiger partial charge in [0.25, 0.3) is 5.91 Å². The molecule has 0 spiro atoms. The zero-order valence-corrected chi connectivity index (χ0v) is 15.4. The highest BCUT2D eigenvalue weighted by atomic mass is 79.9. The van der Waals surface area contributed by atoms with Crippen LogP contribution in [0.4, 0.5) is 0 Å². The van der Waals surface area contributed by atoms with Crippen molar-refractivity contribution in [3.8, 4) is 0 Å². The molecule has 0 radical (unpaired) electrons. The summed E-state index contributed by atoms with van der Waals surface area (Å²) in [6.07, 6.45) is 0. The average Bonchev–Trinajstić information content (AvgIpc) is 2.44. The molecule has 0 bridgehead atoms. The second-order valence-corrected chi connectivity index (χ2v) is 6.78. The number of benzene rings is 2. The second-order valence-electron chi connectivity index (χ2n) is 4.57. The van der Waals surface area contributed by atoms with Gasteiger partial charge in [-0.25, -0.2) is 0 Å². The van der Waals surface area contributed by atoms with E-state index in [9.17, 15) is 4.79 Å². The average molecular weight is 432 g/mol. The van der Waals surface area contributed by atoms with Crippen LogP contribution in [0, 0.1) is 0 Å². The summed E-state index contributed by atoms with van der Waals surface area (Å²) in [5.41, 5.74) is 1.67. The molecular weight excluding hydrogens is 417 g/mol. The number of carbonyl (C=O) groups excluding carboxylic acids is 1. The molecule has 1 amide bonds. The first kappa shape index (κ1) is 16.5. The Kier molecular flexibility index (Phi) is 5.85. The number of nitrogens with zero attached hydrogens (tertiary/aromatic N) is 1. The molecule has 5 heteroatoms. The fourth-order valence-corrected chi connectivity index (χ4v) is 3.45. The highest BCUT2D eigenvalue weighted by Crippen LogP contribution is 2.24. The van der Waals surface area contributed by atoms with Crippen LogP contribution in [0.25, 0.3) is 0 Å². The highest BCUT2D eigenvalue weighted by Gasteiger charge is 2.17. The van der Waals surface area contributed by atoms with Crippen LogP contribution < -0.4 is 0 Å². The SMILES string of the molecule is CCN(Cc1cccc(Cl)c1)C(=O)c1ccc(Br)cc1Br. The van der Waals surface area contributed by atoms with E-state index < -0.39 is 0 Å². The minimum atomic E-state index is -0.00292. The number of amides is 1. The maximum Gasteiger partial charge on any atom is 0.255 e. The van der Waals surface area contributed by atoms with E-state index in [1.807, 2.05) is 49.4 Å². The van der Waals surface area contributed by atoms with Crippen LogP contribution in [-0.2, 0) is 6.54 Å². The molecule has 0 aliphatic heterocycles. The van der Waals surface area contributed by atoms with Gasteiger partial charge in [0.2, 0.25) is 0 Å². The normalized spacial score (nSPS) is 10.5. The molecule has 0 fully saturated rings. The van der Waals surface area contributed by atoms with Gasteiger partial charge in [-0.05, 0) is 58.7 Å². The lowest BCUT2D eigenvalue weighted by atomic mass is 10.1. The Morgan fingerprint density at radius 1 is 1.19 bits per heavy atom. The molecule has 0 aliphatic rings. The van der Waals surface area contributed by atoms with Gasteiger partial charge in [-0.15, -0.1) is 0 Å². The first-order chi connectivity index (χ1) is 10.0. The molecule has 2 rings (SSSR count). The lowest BCUT2D eigenvalue weighted by Gasteiger charge is -2.22. The van der Waals surface area contributed by atoms with Crippen molar-refractivity contribution in [1.29, 1.82) is 0 Å². The Labute approximate surface area is 146 Å². The van der Waals surface area contributed by atoms with Crippen molar-refractivity contribution >= 4 is 49.4 Å². The van der Waals surface area contributed by atoms with Crippen LogP contribution in [0.1, 0.15) is 22.8 Å². The molecule has 2 nitrogen and oxygen atoms in total. The number of hydrogen-bond acceptors (Lipinski definition) is 1. The monoisotopic (exact) mass is 429 g/mol. The summed E-state index contributed by atoms with van der Waals surface area (Å²) in [7, 11) is 0. The van der Waals surface area contributed by atoms with Crippen molar-refractivity contribution in [2.24, 2.45) is 0 Å². The second kappa shape index (κ2) is 7.43. The number of carbonyl (C=O) groups is 1. The van der Waals surface area contributed by atoms with Gasteiger partial charge < -0.3 is 4.90 Å². The van der Waals surface area contributed by atoms with Crippen molar-refractivity contribution in [2.45, 2.75) is 13.5 Å². The number of hydrogen-bond donors (Lipinski definition) is 0. The lowest BCUT2D eigenvalue weighted by molar-refractivity contribution is 0.0751. The quantitative estimate of drug-likeness (QED) is 0.624. The Bertz CT molecular complexity index is 660. The van der Waals surface area contributed by atoms with Crippen molar-refractivity contribution in [3.63, 3.8) is 0 Å². The van der Waals surface area contributed by atoms with E-state index in [0.717, 1.165) is 14.5 Å². The summed E-state index contributed by atoms with van der Waals surface area (Å²) in [6.45, 7) is 3.14. The van der Waals surface area contributed by atoms with E-state index in [4.69, 9.17) is 11.6 Å².